The summed E-state index contributed by atoms with van der Waals surface area (Å²) >= 11 is 0. The largest absolute Gasteiger partial charge is 0.399 e. The Hall–Kier alpha value is -2.80. The van der Waals surface area contributed by atoms with Gasteiger partial charge in [0.2, 0.25) is 0 Å². The molecule has 2 N–H and O–H groups in total. The fraction of sp³-hybridized carbons (Fsp3) is 0.200. The zero-order valence-corrected chi connectivity index (χ0v) is 16.3. The lowest BCUT2D eigenvalue weighted by Gasteiger charge is -2.04. The van der Waals surface area contributed by atoms with Gasteiger partial charge in [-0.25, -0.2) is 0 Å². The summed E-state index contributed by atoms with van der Waals surface area (Å²) in [5, 5.41) is 0. The van der Waals surface area contributed by atoms with Crippen LogP contribution in [0.25, 0.3) is 12.2 Å². The number of nitrogen functional groups attached to an aromatic ring is 1. The topological polar surface area (TPSA) is 26.0 Å². The van der Waals surface area contributed by atoms with Crippen molar-refractivity contribution in [1.82, 2.24) is 0 Å². The summed E-state index contributed by atoms with van der Waals surface area (Å²) in [5.74, 6) is 0. The van der Waals surface area contributed by atoms with Crippen LogP contribution in [0.2, 0.25) is 0 Å². The molecule has 0 aliphatic heterocycles. The monoisotopic (exact) mass is 343 g/mol. The lowest BCUT2D eigenvalue weighted by atomic mass is 10.0. The molecule has 0 bridgehead atoms. The Morgan fingerprint density at radius 3 is 2.31 bits per heavy atom. The molecule has 2 aromatic rings. The smallest absolute Gasteiger partial charge is 0.0346 e. The second-order valence-electron chi connectivity index (χ2n) is 6.79. The average Bonchev–Trinajstić information content (AvgIpc) is 2.62. The zero-order chi connectivity index (χ0) is 19.1. The number of benzene rings is 2. The number of hydrogen-bond donors (Lipinski definition) is 1. The highest BCUT2D eigenvalue weighted by Crippen LogP contribution is 2.17. The molecule has 0 aliphatic carbocycles. The van der Waals surface area contributed by atoms with Crippen molar-refractivity contribution < 1.29 is 0 Å². The average molecular weight is 344 g/mol. The lowest BCUT2D eigenvalue weighted by Crippen LogP contribution is -1.92. The Kier molecular flexibility index (Phi) is 6.80. The van der Waals surface area contributed by atoms with Gasteiger partial charge < -0.3 is 5.73 Å². The molecule has 0 aliphatic rings. The molecule has 0 aromatic heterocycles. The van der Waals surface area contributed by atoms with Crippen LogP contribution in [0.15, 0.2) is 72.4 Å². The Morgan fingerprint density at radius 1 is 0.962 bits per heavy atom. The number of nitrogens with two attached hydrogens (primary N) is 1. The maximum absolute atomic E-state index is 5.96. The summed E-state index contributed by atoms with van der Waals surface area (Å²) in [6.07, 6.45) is 11.4. The number of hydrogen-bond acceptors (Lipinski definition) is 1. The van der Waals surface area contributed by atoms with E-state index in [9.17, 15) is 0 Å². The first-order valence-corrected chi connectivity index (χ1v) is 9.08. The molecule has 0 spiro atoms. The third-order valence-electron chi connectivity index (χ3n) is 4.52. The van der Waals surface area contributed by atoms with Gasteiger partial charge in [-0.1, -0.05) is 73.7 Å². The molecule has 0 saturated heterocycles. The second-order valence-corrected chi connectivity index (χ2v) is 6.79. The molecule has 0 amide bonds. The van der Waals surface area contributed by atoms with Gasteiger partial charge >= 0.3 is 0 Å². The van der Waals surface area contributed by atoms with Crippen molar-refractivity contribution in [3.05, 3.63) is 100 Å². The minimum absolute atomic E-state index is 0.857. The Balaban J connectivity index is 2.04. The first-order chi connectivity index (χ1) is 12.4. The maximum atomic E-state index is 5.96. The third-order valence-corrected chi connectivity index (χ3v) is 4.52. The van der Waals surface area contributed by atoms with Crippen LogP contribution in [0.4, 0.5) is 5.69 Å². The van der Waals surface area contributed by atoms with E-state index in [1.165, 1.54) is 27.8 Å². The van der Waals surface area contributed by atoms with Gasteiger partial charge in [-0.05, 0) is 72.7 Å². The highest BCUT2D eigenvalue weighted by atomic mass is 14.6. The normalized spacial score (nSPS) is 12.2. The van der Waals surface area contributed by atoms with Crippen molar-refractivity contribution in [1.29, 1.82) is 0 Å². The van der Waals surface area contributed by atoms with Gasteiger partial charge in [-0.3, -0.25) is 0 Å². The minimum Gasteiger partial charge on any atom is -0.399 e. The predicted molar refractivity (Wildman–Crippen MR) is 117 cm³/mol. The lowest BCUT2D eigenvalue weighted by molar-refractivity contribution is 1.14. The summed E-state index contributed by atoms with van der Waals surface area (Å²) in [5.41, 5.74) is 15.1. The van der Waals surface area contributed by atoms with E-state index < -0.39 is 0 Å². The molecule has 0 heterocycles. The standard InChI is InChI=1S/C25H29N/c1-6-24-17-23(13-14-25(24)26)11-8-19(3)15-18(2)7-10-22-12-9-20(4)21(5)16-22/h7-17H,3,6,26H2,1-2,4-5H3/b10-7+,11-8+,18-15+. The van der Waals surface area contributed by atoms with Crippen molar-refractivity contribution in [3.63, 3.8) is 0 Å². The van der Waals surface area contributed by atoms with E-state index in [0.717, 1.165) is 23.2 Å². The molecule has 1 nitrogen and oxygen atoms in total. The molecule has 2 aromatic carbocycles. The van der Waals surface area contributed by atoms with Crippen LogP contribution in [0.1, 0.15) is 41.7 Å². The summed E-state index contributed by atoms with van der Waals surface area (Å²) in [7, 11) is 0. The second kappa shape index (κ2) is 9.05. The number of allylic oxidation sites excluding steroid dienone is 5. The fourth-order valence-electron chi connectivity index (χ4n) is 2.72. The van der Waals surface area contributed by atoms with E-state index in [-0.39, 0.29) is 0 Å². The van der Waals surface area contributed by atoms with Crippen LogP contribution in [0, 0.1) is 13.8 Å². The van der Waals surface area contributed by atoms with Gasteiger partial charge in [0.05, 0.1) is 0 Å². The van der Waals surface area contributed by atoms with E-state index in [1.54, 1.807) is 0 Å². The van der Waals surface area contributed by atoms with Crippen LogP contribution in [0.5, 0.6) is 0 Å². The minimum atomic E-state index is 0.857. The van der Waals surface area contributed by atoms with Crippen LogP contribution < -0.4 is 5.73 Å². The molecule has 0 atom stereocenters. The van der Waals surface area contributed by atoms with Gasteiger partial charge in [0.1, 0.15) is 0 Å². The van der Waals surface area contributed by atoms with Crippen molar-refractivity contribution in [2.24, 2.45) is 0 Å². The van der Waals surface area contributed by atoms with Gasteiger partial charge in [-0.2, -0.15) is 0 Å². The van der Waals surface area contributed by atoms with E-state index >= 15 is 0 Å². The van der Waals surface area contributed by atoms with Gasteiger partial charge in [-0.15, -0.1) is 0 Å². The maximum Gasteiger partial charge on any atom is 0.0346 e. The van der Waals surface area contributed by atoms with Gasteiger partial charge in [0.25, 0.3) is 0 Å². The van der Waals surface area contributed by atoms with Gasteiger partial charge in [0, 0.05) is 5.69 Å². The molecular formula is C25H29N. The van der Waals surface area contributed by atoms with E-state index in [0.29, 0.717) is 0 Å². The zero-order valence-electron chi connectivity index (χ0n) is 16.3. The van der Waals surface area contributed by atoms with Crippen molar-refractivity contribution in [2.75, 3.05) is 5.73 Å². The summed E-state index contributed by atoms with van der Waals surface area (Å²) in [4.78, 5) is 0. The first kappa shape index (κ1) is 19.5. The molecule has 0 radical (unpaired) electrons. The van der Waals surface area contributed by atoms with Crippen LogP contribution in [-0.2, 0) is 6.42 Å². The van der Waals surface area contributed by atoms with E-state index in [1.807, 2.05) is 18.2 Å². The molecule has 0 saturated carbocycles. The van der Waals surface area contributed by atoms with Crippen LogP contribution >= 0.6 is 0 Å². The van der Waals surface area contributed by atoms with Crippen LogP contribution in [0.3, 0.4) is 0 Å². The molecule has 134 valence electrons. The number of rotatable bonds is 6. The summed E-state index contributed by atoms with van der Waals surface area (Å²) < 4.78 is 0. The fourth-order valence-corrected chi connectivity index (χ4v) is 2.72. The quantitative estimate of drug-likeness (QED) is 0.459. The summed E-state index contributed by atoms with van der Waals surface area (Å²) in [6, 6.07) is 12.7. The predicted octanol–water partition coefficient (Wildman–Crippen LogP) is 6.68. The SMILES string of the molecule is C=C(/C=C/c1ccc(N)c(CC)c1)/C=C(C)/C=C/c1ccc(C)c(C)c1. The Bertz CT molecular complexity index is 879. The molecular weight excluding hydrogens is 314 g/mol. The van der Waals surface area contributed by atoms with Crippen molar-refractivity contribution in [3.8, 4) is 0 Å². The summed E-state index contributed by atoms with van der Waals surface area (Å²) in [6.45, 7) is 12.6. The number of aryl methyl sites for hydroxylation is 3. The van der Waals surface area contributed by atoms with Crippen molar-refractivity contribution >= 4 is 17.8 Å². The van der Waals surface area contributed by atoms with E-state index in [2.05, 4.69) is 82.8 Å². The number of anilines is 1. The van der Waals surface area contributed by atoms with Gasteiger partial charge in [0.15, 0.2) is 0 Å². The highest BCUT2D eigenvalue weighted by molar-refractivity contribution is 5.61. The molecule has 26 heavy (non-hydrogen) atoms. The third kappa shape index (κ3) is 5.63. The molecule has 0 fully saturated rings. The molecule has 0 unspecified atom stereocenters. The first-order valence-electron chi connectivity index (χ1n) is 9.08. The van der Waals surface area contributed by atoms with E-state index in [4.69, 9.17) is 5.73 Å². The highest BCUT2D eigenvalue weighted by Gasteiger charge is 1.97. The van der Waals surface area contributed by atoms with Crippen LogP contribution in [-0.4, -0.2) is 0 Å². The molecule has 2 rings (SSSR count). The Morgan fingerprint density at radius 2 is 1.62 bits per heavy atom. The Labute approximate surface area is 158 Å². The molecule has 1 heteroatoms. The van der Waals surface area contributed by atoms with Crippen molar-refractivity contribution in [2.45, 2.75) is 34.1 Å².